The van der Waals surface area contributed by atoms with Gasteiger partial charge in [0, 0.05) is 12.5 Å². The Morgan fingerprint density at radius 2 is 1.61 bits per heavy atom. The van der Waals surface area contributed by atoms with E-state index < -0.39 is 23.5 Å². The molecule has 172 valence electrons. The van der Waals surface area contributed by atoms with Gasteiger partial charge in [-0.3, -0.25) is 4.79 Å². The lowest BCUT2D eigenvalue weighted by atomic mass is 9.98. The van der Waals surface area contributed by atoms with Crippen LogP contribution in [0.1, 0.15) is 49.1 Å². The number of fused-ring (bicyclic) bond motifs is 3. The van der Waals surface area contributed by atoms with E-state index in [-0.39, 0.29) is 25.0 Å². The molecule has 33 heavy (non-hydrogen) atoms. The van der Waals surface area contributed by atoms with E-state index in [1.54, 1.807) is 0 Å². The van der Waals surface area contributed by atoms with Gasteiger partial charge in [-0.25, -0.2) is 9.59 Å². The molecular formula is C26H28N2O5. The summed E-state index contributed by atoms with van der Waals surface area (Å²) in [6.07, 6.45) is 3.11. The molecule has 2 saturated carbocycles. The average molecular weight is 449 g/mol. The van der Waals surface area contributed by atoms with Crippen molar-refractivity contribution in [3.05, 3.63) is 59.7 Å². The van der Waals surface area contributed by atoms with Crippen LogP contribution in [0.3, 0.4) is 0 Å². The van der Waals surface area contributed by atoms with Crippen LogP contribution < -0.4 is 10.6 Å². The maximum absolute atomic E-state index is 12.8. The molecule has 3 aliphatic rings. The largest absolute Gasteiger partial charge is 0.480 e. The van der Waals surface area contributed by atoms with Gasteiger partial charge in [-0.1, -0.05) is 61.4 Å². The molecule has 0 heterocycles. The van der Waals surface area contributed by atoms with Crippen LogP contribution in [0.25, 0.3) is 11.1 Å². The van der Waals surface area contributed by atoms with Crippen LogP contribution in [0.4, 0.5) is 4.79 Å². The van der Waals surface area contributed by atoms with Crippen LogP contribution >= 0.6 is 0 Å². The van der Waals surface area contributed by atoms with Crippen molar-refractivity contribution in [2.45, 2.75) is 43.6 Å². The van der Waals surface area contributed by atoms with Crippen molar-refractivity contribution in [2.24, 2.45) is 11.8 Å². The Morgan fingerprint density at radius 1 is 1.00 bits per heavy atom. The number of rotatable bonds is 9. The second-order valence-corrected chi connectivity index (χ2v) is 9.46. The fourth-order valence-electron chi connectivity index (χ4n) is 4.75. The average Bonchev–Trinajstić information content (AvgIpc) is 3.74. The Morgan fingerprint density at radius 3 is 2.15 bits per heavy atom. The third-order valence-corrected chi connectivity index (χ3v) is 7.04. The third-order valence-electron chi connectivity index (χ3n) is 7.04. The number of carboxylic acid groups (broad SMARTS) is 1. The smallest absolute Gasteiger partial charge is 0.407 e. The lowest BCUT2D eigenvalue weighted by Gasteiger charge is -2.21. The Labute approximate surface area is 192 Å². The van der Waals surface area contributed by atoms with Crippen molar-refractivity contribution in [2.75, 3.05) is 13.2 Å². The lowest BCUT2D eigenvalue weighted by molar-refractivity contribution is -0.143. The Balaban J connectivity index is 1.18. The number of carboxylic acids is 1. The molecule has 1 atom stereocenters. The SMILES string of the molecule is O=C(NCC(CC1CC1)C(=O)NC1(C(=O)O)CC1)OCC1c2ccccc2-c2ccccc21. The van der Waals surface area contributed by atoms with E-state index in [1.807, 2.05) is 24.3 Å². The number of carbonyl (C=O) groups is 3. The highest BCUT2D eigenvalue weighted by molar-refractivity contribution is 5.90. The molecule has 2 amide bonds. The number of nitrogens with one attached hydrogen (secondary N) is 2. The standard InChI is InChI=1S/C26H28N2O5/c29-23(28-26(11-12-26)24(30)31)17(13-16-9-10-16)14-27-25(32)33-15-22-20-7-3-1-5-18(20)19-6-2-4-8-21(19)22/h1-8,16-17,22H,9-15H2,(H,27,32)(H,28,29)(H,30,31). The highest BCUT2D eigenvalue weighted by atomic mass is 16.5. The van der Waals surface area contributed by atoms with E-state index in [0.29, 0.717) is 25.2 Å². The first-order chi connectivity index (χ1) is 16.0. The maximum Gasteiger partial charge on any atom is 0.407 e. The van der Waals surface area contributed by atoms with Crippen LogP contribution in [0, 0.1) is 11.8 Å². The van der Waals surface area contributed by atoms with Gasteiger partial charge in [0.1, 0.15) is 12.1 Å². The molecule has 3 N–H and O–H groups in total. The van der Waals surface area contributed by atoms with E-state index in [1.165, 1.54) is 0 Å². The van der Waals surface area contributed by atoms with Gasteiger partial charge in [0.2, 0.25) is 5.91 Å². The zero-order valence-corrected chi connectivity index (χ0v) is 18.4. The number of hydrogen-bond donors (Lipinski definition) is 3. The number of benzene rings is 2. The maximum atomic E-state index is 12.8. The molecule has 7 nitrogen and oxygen atoms in total. The molecule has 1 unspecified atom stereocenters. The summed E-state index contributed by atoms with van der Waals surface area (Å²) in [6, 6.07) is 16.3. The first-order valence-electron chi connectivity index (χ1n) is 11.6. The molecule has 0 aromatic heterocycles. The first-order valence-corrected chi connectivity index (χ1v) is 11.6. The molecule has 0 aliphatic heterocycles. The fraction of sp³-hybridized carbons (Fsp3) is 0.423. The second kappa shape index (κ2) is 8.54. The molecule has 0 saturated heterocycles. The predicted molar refractivity (Wildman–Crippen MR) is 122 cm³/mol. The van der Waals surface area contributed by atoms with Gasteiger partial charge in [0.05, 0.1) is 5.92 Å². The van der Waals surface area contributed by atoms with Gasteiger partial charge in [-0.05, 0) is 47.4 Å². The summed E-state index contributed by atoms with van der Waals surface area (Å²) >= 11 is 0. The number of carbonyl (C=O) groups excluding carboxylic acids is 2. The van der Waals surface area contributed by atoms with Crippen molar-refractivity contribution in [3.8, 4) is 11.1 Å². The monoisotopic (exact) mass is 448 g/mol. The number of ether oxygens (including phenoxy) is 1. The molecule has 2 aromatic carbocycles. The van der Waals surface area contributed by atoms with Crippen LogP contribution in [0.5, 0.6) is 0 Å². The fourth-order valence-corrected chi connectivity index (χ4v) is 4.75. The van der Waals surface area contributed by atoms with Gasteiger partial charge in [-0.2, -0.15) is 0 Å². The molecule has 7 heteroatoms. The Hall–Kier alpha value is -3.35. The van der Waals surface area contributed by atoms with Gasteiger partial charge >= 0.3 is 12.1 Å². The molecule has 5 rings (SSSR count). The molecule has 2 aromatic rings. The second-order valence-electron chi connectivity index (χ2n) is 9.46. The molecular weight excluding hydrogens is 420 g/mol. The zero-order chi connectivity index (χ0) is 23.0. The summed E-state index contributed by atoms with van der Waals surface area (Å²) in [4.78, 5) is 36.7. The highest BCUT2D eigenvalue weighted by Crippen LogP contribution is 2.44. The molecule has 0 radical (unpaired) electrons. The van der Waals surface area contributed by atoms with E-state index in [4.69, 9.17) is 4.74 Å². The van der Waals surface area contributed by atoms with E-state index >= 15 is 0 Å². The Bertz CT molecular complexity index is 1040. The minimum absolute atomic E-state index is 0.0287. The number of hydrogen-bond acceptors (Lipinski definition) is 4. The predicted octanol–water partition coefficient (Wildman–Crippen LogP) is 3.67. The summed E-state index contributed by atoms with van der Waals surface area (Å²) in [7, 11) is 0. The lowest BCUT2D eigenvalue weighted by Crippen LogP contribution is -2.48. The number of amides is 2. The zero-order valence-electron chi connectivity index (χ0n) is 18.4. The Kier molecular flexibility index (Phi) is 5.56. The molecule has 0 bridgehead atoms. The summed E-state index contributed by atoms with van der Waals surface area (Å²) in [5, 5.41) is 14.8. The van der Waals surface area contributed by atoms with Crippen molar-refractivity contribution in [1.29, 1.82) is 0 Å². The molecule has 2 fully saturated rings. The van der Waals surface area contributed by atoms with Crippen molar-refractivity contribution < 1.29 is 24.2 Å². The van der Waals surface area contributed by atoms with Crippen molar-refractivity contribution in [1.82, 2.24) is 10.6 Å². The highest BCUT2D eigenvalue weighted by Gasteiger charge is 2.52. The molecule has 0 spiro atoms. The minimum Gasteiger partial charge on any atom is -0.480 e. The van der Waals surface area contributed by atoms with Gasteiger partial charge < -0.3 is 20.5 Å². The van der Waals surface area contributed by atoms with E-state index in [9.17, 15) is 19.5 Å². The number of aliphatic carboxylic acids is 1. The van der Waals surface area contributed by atoms with E-state index in [0.717, 1.165) is 35.1 Å². The van der Waals surface area contributed by atoms with Gasteiger partial charge in [0.25, 0.3) is 0 Å². The van der Waals surface area contributed by atoms with Crippen molar-refractivity contribution in [3.63, 3.8) is 0 Å². The van der Waals surface area contributed by atoms with Crippen LogP contribution in [-0.4, -0.2) is 41.8 Å². The minimum atomic E-state index is -1.12. The van der Waals surface area contributed by atoms with E-state index in [2.05, 4.69) is 34.9 Å². The summed E-state index contributed by atoms with van der Waals surface area (Å²) in [6.45, 7) is 0.343. The van der Waals surface area contributed by atoms with Gasteiger partial charge in [0.15, 0.2) is 0 Å². The van der Waals surface area contributed by atoms with Crippen LogP contribution in [0.2, 0.25) is 0 Å². The third kappa shape index (κ3) is 4.45. The summed E-state index contributed by atoms with van der Waals surface area (Å²) < 4.78 is 5.57. The number of alkyl carbamates (subject to hydrolysis) is 1. The first kappa shape index (κ1) is 21.5. The quantitative estimate of drug-likeness (QED) is 0.543. The topological polar surface area (TPSA) is 105 Å². The van der Waals surface area contributed by atoms with Crippen LogP contribution in [0.15, 0.2) is 48.5 Å². The molecule has 3 aliphatic carbocycles. The summed E-state index contributed by atoms with van der Waals surface area (Å²) in [5.41, 5.74) is 3.48. The summed E-state index contributed by atoms with van der Waals surface area (Å²) in [5.74, 6) is -1.33. The van der Waals surface area contributed by atoms with Gasteiger partial charge in [-0.15, -0.1) is 0 Å². The normalized spacial score (nSPS) is 18.5. The van der Waals surface area contributed by atoms with Crippen LogP contribution in [-0.2, 0) is 14.3 Å². The van der Waals surface area contributed by atoms with Crippen molar-refractivity contribution >= 4 is 18.0 Å².